The summed E-state index contributed by atoms with van der Waals surface area (Å²) in [5, 5.41) is 12.2. The molecule has 0 radical (unpaired) electrons. The number of para-hydroxylation sites is 1. The van der Waals surface area contributed by atoms with Gasteiger partial charge < -0.3 is 5.32 Å². The van der Waals surface area contributed by atoms with Crippen LogP contribution in [0.2, 0.25) is 0 Å². The van der Waals surface area contributed by atoms with Crippen molar-refractivity contribution in [3.05, 3.63) is 72.1 Å². The second kappa shape index (κ2) is 10.3. The smallest absolute Gasteiger partial charge is 0.230 e. The van der Waals surface area contributed by atoms with Crippen molar-refractivity contribution in [3.63, 3.8) is 0 Å². The zero-order valence-electron chi connectivity index (χ0n) is 17.2. The van der Waals surface area contributed by atoms with Gasteiger partial charge in [-0.25, -0.2) is 0 Å². The lowest BCUT2D eigenvalue weighted by molar-refractivity contribution is -0.119. The number of amides is 1. The Hall–Kier alpha value is -2.60. The number of nitrogens with zero attached hydrogens (tertiary/aromatic N) is 3. The summed E-state index contributed by atoms with van der Waals surface area (Å²) >= 11 is 1.41. The number of aryl methyl sites for hydroxylation is 1. The minimum Gasteiger partial charge on any atom is -0.349 e. The lowest BCUT2D eigenvalue weighted by atomic mass is 9.97. The van der Waals surface area contributed by atoms with E-state index in [2.05, 4.69) is 60.6 Å². The number of hydrogen-bond donors (Lipinski definition) is 1. The van der Waals surface area contributed by atoms with Crippen LogP contribution in [0.3, 0.4) is 0 Å². The third kappa shape index (κ3) is 5.70. The third-order valence-electron chi connectivity index (χ3n) is 4.73. The normalized spacial score (nSPS) is 12.1. The molecule has 0 aliphatic heterocycles. The van der Waals surface area contributed by atoms with Crippen LogP contribution >= 0.6 is 11.8 Å². The number of rotatable bonds is 9. The molecule has 1 unspecified atom stereocenters. The molecule has 0 fully saturated rings. The van der Waals surface area contributed by atoms with E-state index in [4.69, 9.17) is 0 Å². The molecule has 1 heterocycles. The molecule has 0 saturated carbocycles. The molecule has 1 atom stereocenters. The lowest BCUT2D eigenvalue weighted by Crippen LogP contribution is -2.31. The van der Waals surface area contributed by atoms with Gasteiger partial charge in [-0.3, -0.25) is 9.36 Å². The van der Waals surface area contributed by atoms with Gasteiger partial charge in [0.2, 0.25) is 5.91 Å². The van der Waals surface area contributed by atoms with Crippen LogP contribution < -0.4 is 5.32 Å². The number of hydrogen-bond acceptors (Lipinski definition) is 4. The van der Waals surface area contributed by atoms with Crippen molar-refractivity contribution < 1.29 is 4.79 Å². The van der Waals surface area contributed by atoms with Gasteiger partial charge in [-0.2, -0.15) is 0 Å². The van der Waals surface area contributed by atoms with E-state index in [9.17, 15) is 4.79 Å². The molecular formula is C23H28N4OS. The second-order valence-corrected chi connectivity index (χ2v) is 8.36. The first-order chi connectivity index (χ1) is 14.1. The van der Waals surface area contributed by atoms with E-state index in [0.29, 0.717) is 11.7 Å². The van der Waals surface area contributed by atoms with Gasteiger partial charge in [0.15, 0.2) is 5.16 Å². The van der Waals surface area contributed by atoms with Crippen molar-refractivity contribution in [1.82, 2.24) is 20.1 Å². The van der Waals surface area contributed by atoms with E-state index < -0.39 is 0 Å². The van der Waals surface area contributed by atoms with Gasteiger partial charge in [-0.15, -0.1) is 10.2 Å². The van der Waals surface area contributed by atoms with E-state index in [1.54, 1.807) is 6.33 Å². The fourth-order valence-corrected chi connectivity index (χ4v) is 4.07. The first kappa shape index (κ1) is 21.1. The van der Waals surface area contributed by atoms with Crippen LogP contribution in [0.15, 0.2) is 66.1 Å². The lowest BCUT2D eigenvalue weighted by Gasteiger charge is -2.21. The molecule has 0 aliphatic carbocycles. The van der Waals surface area contributed by atoms with Crippen molar-refractivity contribution in [2.24, 2.45) is 5.92 Å². The van der Waals surface area contributed by atoms with Crippen molar-refractivity contribution in [3.8, 4) is 5.69 Å². The van der Waals surface area contributed by atoms with E-state index in [0.717, 1.165) is 29.2 Å². The SMILES string of the molecule is CCc1ccccc1-n1cnnc1SCC(=O)NC(CC(C)C)c1ccccc1. The Bertz CT molecular complexity index is 923. The largest absolute Gasteiger partial charge is 0.349 e. The van der Waals surface area contributed by atoms with Crippen LogP contribution in [-0.2, 0) is 11.2 Å². The molecule has 0 aliphatic rings. The van der Waals surface area contributed by atoms with Gasteiger partial charge in [-0.05, 0) is 36.0 Å². The number of carbonyl (C=O) groups is 1. The highest BCUT2D eigenvalue weighted by Gasteiger charge is 2.17. The van der Waals surface area contributed by atoms with E-state index in [1.807, 2.05) is 34.9 Å². The second-order valence-electron chi connectivity index (χ2n) is 7.41. The molecule has 6 heteroatoms. The molecule has 152 valence electrons. The van der Waals surface area contributed by atoms with Crippen molar-refractivity contribution in [2.45, 2.75) is 44.8 Å². The van der Waals surface area contributed by atoms with Gasteiger partial charge in [-0.1, -0.05) is 81.1 Å². The summed E-state index contributed by atoms with van der Waals surface area (Å²) in [6.07, 6.45) is 3.54. The fourth-order valence-electron chi connectivity index (χ4n) is 3.33. The number of carbonyl (C=O) groups excluding carboxylic acids is 1. The average molecular weight is 409 g/mol. The Morgan fingerprint density at radius 3 is 2.55 bits per heavy atom. The summed E-state index contributed by atoms with van der Waals surface area (Å²) in [7, 11) is 0. The number of nitrogens with one attached hydrogen (secondary N) is 1. The van der Waals surface area contributed by atoms with Gasteiger partial charge >= 0.3 is 0 Å². The van der Waals surface area contributed by atoms with Crippen LogP contribution in [0.4, 0.5) is 0 Å². The molecule has 0 spiro atoms. The topological polar surface area (TPSA) is 59.8 Å². The van der Waals surface area contributed by atoms with Crippen LogP contribution in [-0.4, -0.2) is 26.4 Å². The predicted molar refractivity (Wildman–Crippen MR) is 118 cm³/mol. The van der Waals surface area contributed by atoms with Crippen LogP contribution in [0.5, 0.6) is 0 Å². The molecule has 1 aromatic heterocycles. The summed E-state index contributed by atoms with van der Waals surface area (Å²) < 4.78 is 1.96. The Labute approximate surface area is 176 Å². The van der Waals surface area contributed by atoms with Gasteiger partial charge in [0.05, 0.1) is 17.5 Å². The van der Waals surface area contributed by atoms with Gasteiger partial charge in [0.25, 0.3) is 0 Å². The maximum atomic E-state index is 12.7. The number of thioether (sulfide) groups is 1. The molecule has 2 aromatic carbocycles. The molecule has 0 bridgehead atoms. The van der Waals surface area contributed by atoms with E-state index in [-0.39, 0.29) is 11.9 Å². The summed E-state index contributed by atoms with van der Waals surface area (Å²) in [6.45, 7) is 6.47. The zero-order valence-corrected chi connectivity index (χ0v) is 18.0. The third-order valence-corrected chi connectivity index (χ3v) is 5.67. The molecule has 0 saturated heterocycles. The van der Waals surface area contributed by atoms with Crippen molar-refractivity contribution >= 4 is 17.7 Å². The summed E-state index contributed by atoms with van der Waals surface area (Å²) in [5.74, 6) is 0.790. The highest BCUT2D eigenvalue weighted by atomic mass is 32.2. The fraction of sp³-hybridized carbons (Fsp3) is 0.348. The van der Waals surface area contributed by atoms with Crippen molar-refractivity contribution in [2.75, 3.05) is 5.75 Å². The molecule has 1 N–H and O–H groups in total. The first-order valence-corrected chi connectivity index (χ1v) is 11.0. The monoisotopic (exact) mass is 408 g/mol. The molecule has 5 nitrogen and oxygen atoms in total. The summed E-state index contributed by atoms with van der Waals surface area (Å²) in [4.78, 5) is 12.7. The number of aromatic nitrogens is 3. The highest BCUT2D eigenvalue weighted by Crippen LogP contribution is 2.24. The number of benzene rings is 2. The predicted octanol–water partition coefficient (Wildman–Crippen LogP) is 4.83. The summed E-state index contributed by atoms with van der Waals surface area (Å²) in [6, 6.07) is 18.4. The average Bonchev–Trinajstić information content (AvgIpc) is 3.20. The maximum absolute atomic E-state index is 12.7. The molecule has 29 heavy (non-hydrogen) atoms. The van der Waals surface area contributed by atoms with Gasteiger partial charge in [0.1, 0.15) is 6.33 Å². The molecule has 1 amide bonds. The molecular weight excluding hydrogens is 380 g/mol. The van der Waals surface area contributed by atoms with Crippen LogP contribution in [0, 0.1) is 5.92 Å². The molecule has 3 aromatic rings. The van der Waals surface area contributed by atoms with E-state index >= 15 is 0 Å². The standard InChI is InChI=1S/C23H28N4OS/c1-4-18-10-8-9-13-21(18)27-16-24-26-23(27)29-15-22(28)25-20(14-17(2)3)19-11-6-5-7-12-19/h5-13,16-17,20H,4,14-15H2,1-3H3,(H,25,28). The molecule has 3 rings (SSSR count). The van der Waals surface area contributed by atoms with Crippen LogP contribution in [0.25, 0.3) is 5.69 Å². The van der Waals surface area contributed by atoms with Crippen molar-refractivity contribution in [1.29, 1.82) is 0 Å². The van der Waals surface area contributed by atoms with Gasteiger partial charge in [0, 0.05) is 0 Å². The van der Waals surface area contributed by atoms with E-state index in [1.165, 1.54) is 17.3 Å². The Morgan fingerprint density at radius 1 is 1.10 bits per heavy atom. The van der Waals surface area contributed by atoms with Crippen LogP contribution in [0.1, 0.15) is 44.4 Å². The Kier molecular flexibility index (Phi) is 7.47. The first-order valence-electron chi connectivity index (χ1n) is 10.0. The Balaban J connectivity index is 1.67. The maximum Gasteiger partial charge on any atom is 0.230 e. The zero-order chi connectivity index (χ0) is 20.6. The minimum atomic E-state index is 0.00262. The quantitative estimate of drug-likeness (QED) is 0.516. The summed E-state index contributed by atoms with van der Waals surface area (Å²) in [5.41, 5.74) is 3.42. The minimum absolute atomic E-state index is 0.00262. The highest BCUT2D eigenvalue weighted by molar-refractivity contribution is 7.99. The Morgan fingerprint density at radius 2 is 1.83 bits per heavy atom.